The van der Waals surface area contributed by atoms with Crippen LogP contribution in [0.25, 0.3) is 0 Å². The summed E-state index contributed by atoms with van der Waals surface area (Å²) in [5.41, 5.74) is 1.49. The molecule has 11 nitrogen and oxygen atoms in total. The first-order chi connectivity index (χ1) is 15.8. The Morgan fingerprint density at radius 3 is 2.20 bits per heavy atom. The van der Waals surface area contributed by atoms with Gasteiger partial charge in [-0.2, -0.15) is 8.42 Å². The van der Waals surface area contributed by atoms with Crippen LogP contribution >= 0.6 is 11.8 Å². The largest absolute Gasteiger partial charge is 0.549 e. The Labute approximate surface area is 211 Å². The molecule has 200 valence electrons. The summed E-state index contributed by atoms with van der Waals surface area (Å²) in [5.74, 6) is -2.18. The van der Waals surface area contributed by atoms with Gasteiger partial charge in [-0.15, -0.1) is 5.10 Å². The highest BCUT2D eigenvalue weighted by atomic mass is 32.2. The van der Waals surface area contributed by atoms with E-state index in [4.69, 9.17) is 4.55 Å². The number of benzene rings is 1. The van der Waals surface area contributed by atoms with Gasteiger partial charge in [-0.05, 0) is 34.4 Å². The number of carboxylic acid groups (broad SMARTS) is 1. The molecule has 7 N–H and O–H groups in total. The minimum atomic E-state index is -4.38. The molecule has 13 heteroatoms. The van der Waals surface area contributed by atoms with Gasteiger partial charge in [-0.3, -0.25) is 4.55 Å². The van der Waals surface area contributed by atoms with Gasteiger partial charge >= 0.3 is 0 Å². The quantitative estimate of drug-likeness (QED) is 0.174. The Bertz CT molecular complexity index is 971. The van der Waals surface area contributed by atoms with Crippen LogP contribution in [0.1, 0.15) is 87.5 Å². The highest BCUT2D eigenvalue weighted by Crippen LogP contribution is 2.35. The number of carboxylic acids is 1. The SMILES string of the molecule is CCCCCCCCCCCCc1ccccc1C(Sc1nnnn1CS(=O)(=O)O)C(=O)[O-].O.[NH4+]. The highest BCUT2D eigenvalue weighted by Gasteiger charge is 2.22. The Morgan fingerprint density at radius 1 is 1.06 bits per heavy atom. The van der Waals surface area contributed by atoms with E-state index >= 15 is 0 Å². The monoisotopic (exact) mass is 533 g/mol. The Hall–Kier alpha value is -2.06. The third kappa shape index (κ3) is 12.5. The summed E-state index contributed by atoms with van der Waals surface area (Å²) in [4.78, 5) is 11.9. The van der Waals surface area contributed by atoms with E-state index in [1.807, 2.05) is 12.1 Å². The number of carbonyl (C=O) groups excluding carboxylic acids is 1. The van der Waals surface area contributed by atoms with Crippen molar-refractivity contribution in [2.24, 2.45) is 0 Å². The van der Waals surface area contributed by atoms with Gasteiger partial charge < -0.3 is 21.5 Å². The first kappa shape index (κ1) is 32.9. The zero-order valence-corrected chi connectivity index (χ0v) is 22.2. The molecule has 0 fully saturated rings. The molecule has 0 radical (unpaired) electrons. The van der Waals surface area contributed by atoms with Crippen LogP contribution in [-0.2, 0) is 27.2 Å². The van der Waals surface area contributed by atoms with Gasteiger partial charge in [0.2, 0.25) is 5.16 Å². The zero-order chi connectivity index (χ0) is 24.1. The molecule has 0 aliphatic carbocycles. The summed E-state index contributed by atoms with van der Waals surface area (Å²) in [6, 6.07) is 7.26. The van der Waals surface area contributed by atoms with E-state index in [1.165, 1.54) is 51.4 Å². The molecular formula is C22H39N5O6S2. The number of aliphatic carboxylic acids is 1. The predicted octanol–water partition coefficient (Wildman–Crippen LogP) is 3.12. The van der Waals surface area contributed by atoms with Gasteiger partial charge in [0.15, 0.2) is 5.88 Å². The number of quaternary nitrogens is 1. The minimum absolute atomic E-state index is 0. The first-order valence-electron chi connectivity index (χ1n) is 11.5. The number of carbonyl (C=O) groups is 1. The lowest BCUT2D eigenvalue weighted by Crippen LogP contribution is -2.29. The summed E-state index contributed by atoms with van der Waals surface area (Å²) < 4.78 is 32.2. The third-order valence-electron chi connectivity index (χ3n) is 5.36. The Balaban J connectivity index is 0.00000578. The standard InChI is InChI=1S/C22H34N4O5S2.H3N.H2O/c1-2-3-4-5-6-7-8-9-10-11-14-18-15-12-13-16-19(18)20(21(27)28)32-22-23-24-25-26(22)17-33(29,30)31;;/h12-13,15-16,20H,2-11,14,17H2,1H3,(H,27,28)(H,29,30,31);1H3;1H2. The van der Waals surface area contributed by atoms with Crippen molar-refractivity contribution in [3.05, 3.63) is 35.4 Å². The molecule has 0 amide bonds. The molecule has 2 aromatic rings. The lowest BCUT2D eigenvalue weighted by Gasteiger charge is -2.20. The lowest BCUT2D eigenvalue weighted by atomic mass is 9.98. The van der Waals surface area contributed by atoms with Crippen LogP contribution in [0.3, 0.4) is 0 Å². The molecule has 1 atom stereocenters. The highest BCUT2D eigenvalue weighted by molar-refractivity contribution is 8.00. The fourth-order valence-corrected chi connectivity index (χ4v) is 5.22. The molecule has 35 heavy (non-hydrogen) atoms. The molecule has 0 spiro atoms. The van der Waals surface area contributed by atoms with E-state index < -0.39 is 27.2 Å². The number of hydrogen-bond acceptors (Lipinski definition) is 8. The molecule has 2 rings (SSSR count). The molecule has 0 saturated heterocycles. The predicted molar refractivity (Wildman–Crippen MR) is 135 cm³/mol. The van der Waals surface area contributed by atoms with Gasteiger partial charge in [0, 0.05) is 0 Å². The smallest absolute Gasteiger partial charge is 0.285 e. The van der Waals surface area contributed by atoms with Crippen molar-refractivity contribution in [1.29, 1.82) is 0 Å². The molecule has 1 aromatic heterocycles. The fourth-order valence-electron chi connectivity index (χ4n) is 3.68. The van der Waals surface area contributed by atoms with Gasteiger partial charge in [0.1, 0.15) is 0 Å². The van der Waals surface area contributed by atoms with Crippen molar-refractivity contribution in [2.75, 3.05) is 0 Å². The van der Waals surface area contributed by atoms with Crippen LogP contribution in [0, 0.1) is 0 Å². The summed E-state index contributed by atoms with van der Waals surface area (Å²) in [6.45, 7) is 2.22. The van der Waals surface area contributed by atoms with Crippen LogP contribution in [0.15, 0.2) is 29.4 Å². The molecule has 1 unspecified atom stereocenters. The number of thioether (sulfide) groups is 1. The van der Waals surface area contributed by atoms with Crippen LogP contribution in [-0.4, -0.2) is 44.6 Å². The summed E-state index contributed by atoms with van der Waals surface area (Å²) >= 11 is 0.786. The van der Waals surface area contributed by atoms with Crippen LogP contribution < -0.4 is 11.3 Å². The zero-order valence-electron chi connectivity index (χ0n) is 20.6. The number of tetrazole rings is 1. The normalized spacial score (nSPS) is 11.9. The van der Waals surface area contributed by atoms with Crippen molar-refractivity contribution >= 4 is 27.8 Å². The Kier molecular flexibility index (Phi) is 16.4. The van der Waals surface area contributed by atoms with E-state index in [0.717, 1.165) is 41.3 Å². The lowest BCUT2D eigenvalue weighted by molar-refractivity contribution is -0.305. The fraction of sp³-hybridized carbons (Fsp3) is 0.636. The van der Waals surface area contributed by atoms with Crippen molar-refractivity contribution in [3.8, 4) is 0 Å². The van der Waals surface area contributed by atoms with Crippen LogP contribution in [0.5, 0.6) is 0 Å². The maximum atomic E-state index is 11.9. The second-order valence-corrected chi connectivity index (χ2v) is 10.6. The summed E-state index contributed by atoms with van der Waals surface area (Å²) in [5, 5.41) is 21.4. The second kappa shape index (κ2) is 17.4. The topological polar surface area (TPSA) is 206 Å². The first-order valence-corrected chi connectivity index (χ1v) is 14.0. The van der Waals surface area contributed by atoms with Crippen molar-refractivity contribution in [3.63, 3.8) is 0 Å². The van der Waals surface area contributed by atoms with Gasteiger partial charge in [-0.1, -0.05) is 101 Å². The maximum absolute atomic E-state index is 11.9. The molecular weight excluding hydrogens is 494 g/mol. The summed E-state index contributed by atoms with van der Waals surface area (Å²) in [6.07, 6.45) is 13.0. The molecule has 0 bridgehead atoms. The maximum Gasteiger partial charge on any atom is 0.285 e. The van der Waals surface area contributed by atoms with Crippen molar-refractivity contribution in [1.82, 2.24) is 26.4 Å². The molecule has 1 aromatic carbocycles. The van der Waals surface area contributed by atoms with Crippen LogP contribution in [0.2, 0.25) is 0 Å². The van der Waals surface area contributed by atoms with E-state index in [2.05, 4.69) is 22.4 Å². The van der Waals surface area contributed by atoms with E-state index in [-0.39, 0.29) is 16.8 Å². The summed E-state index contributed by atoms with van der Waals surface area (Å²) in [7, 11) is -4.38. The van der Waals surface area contributed by atoms with E-state index in [9.17, 15) is 18.3 Å². The Morgan fingerprint density at radius 2 is 1.63 bits per heavy atom. The van der Waals surface area contributed by atoms with Gasteiger partial charge in [0.25, 0.3) is 10.1 Å². The number of unbranched alkanes of at least 4 members (excludes halogenated alkanes) is 9. The average Bonchev–Trinajstić information content (AvgIpc) is 3.18. The average molecular weight is 534 g/mol. The molecule has 0 saturated carbocycles. The molecule has 0 aliphatic rings. The minimum Gasteiger partial charge on any atom is -0.549 e. The number of aromatic nitrogens is 4. The van der Waals surface area contributed by atoms with Gasteiger partial charge in [0.05, 0.1) is 11.2 Å². The number of rotatable bonds is 17. The van der Waals surface area contributed by atoms with E-state index in [1.54, 1.807) is 12.1 Å². The van der Waals surface area contributed by atoms with Crippen molar-refractivity contribution in [2.45, 2.75) is 93.8 Å². The number of hydrogen-bond donors (Lipinski definition) is 2. The molecule has 0 aliphatic heterocycles. The third-order valence-corrected chi connectivity index (χ3v) is 7.12. The van der Waals surface area contributed by atoms with Crippen molar-refractivity contribution < 1.29 is 28.3 Å². The molecule has 1 heterocycles. The van der Waals surface area contributed by atoms with Crippen LogP contribution in [0.4, 0.5) is 0 Å². The number of nitrogens with zero attached hydrogens (tertiary/aromatic N) is 4. The van der Waals surface area contributed by atoms with Gasteiger partial charge in [-0.25, -0.2) is 4.68 Å². The number of aryl methyl sites for hydroxylation is 1. The second-order valence-electron chi connectivity index (χ2n) is 8.12. The van der Waals surface area contributed by atoms with E-state index in [0.29, 0.717) is 5.56 Å².